The summed E-state index contributed by atoms with van der Waals surface area (Å²) in [7, 11) is 1.73. The summed E-state index contributed by atoms with van der Waals surface area (Å²) in [5.41, 5.74) is 1.19. The van der Waals surface area contributed by atoms with Gasteiger partial charge in [0.05, 0.1) is 0 Å². The number of halogens is 1. The van der Waals surface area contributed by atoms with Crippen LogP contribution in [-0.2, 0) is 11.3 Å². The fourth-order valence-electron chi connectivity index (χ4n) is 1.81. The summed E-state index contributed by atoms with van der Waals surface area (Å²) in [5.74, 6) is 1.64. The number of hydrogen-bond acceptors (Lipinski definition) is 4. The number of hydrogen-bond donors (Lipinski definition) is 1. The molecule has 0 bridgehead atoms. The molecule has 5 heteroatoms. The molecule has 2 rings (SSSR count). The number of rotatable bonds is 7. The van der Waals surface area contributed by atoms with Crippen LogP contribution in [0.3, 0.4) is 0 Å². The van der Waals surface area contributed by atoms with Crippen LogP contribution in [0.1, 0.15) is 18.4 Å². The second-order valence-electron chi connectivity index (χ2n) is 4.17. The molecule has 18 heavy (non-hydrogen) atoms. The van der Waals surface area contributed by atoms with Crippen LogP contribution in [0.4, 0.5) is 0 Å². The van der Waals surface area contributed by atoms with E-state index in [-0.39, 0.29) is 0 Å². The van der Waals surface area contributed by atoms with Gasteiger partial charge in [0, 0.05) is 24.7 Å². The highest BCUT2D eigenvalue weighted by atomic mass is 79.9. The monoisotopic (exact) mass is 315 g/mol. The molecule has 1 N–H and O–H groups in total. The van der Waals surface area contributed by atoms with Gasteiger partial charge >= 0.3 is 0 Å². The Balaban J connectivity index is 1.79. The minimum absolute atomic E-state index is 0.315. The summed E-state index contributed by atoms with van der Waals surface area (Å²) in [6.45, 7) is 2.96. The Morgan fingerprint density at radius 1 is 1.28 bits per heavy atom. The molecule has 1 aromatic rings. The maximum Gasteiger partial charge on any atom is 0.231 e. The highest BCUT2D eigenvalue weighted by Crippen LogP contribution is 2.36. The standard InChI is InChI=1S/C13H18BrNO3/c1-16-5-3-2-4-15-8-10-6-12-13(7-11(10)14)18-9-17-12/h6-7,15H,2-5,8-9H2,1H3. The van der Waals surface area contributed by atoms with Gasteiger partial charge in [-0.1, -0.05) is 15.9 Å². The van der Waals surface area contributed by atoms with Gasteiger partial charge in [0.2, 0.25) is 6.79 Å². The van der Waals surface area contributed by atoms with E-state index < -0.39 is 0 Å². The second kappa shape index (κ2) is 6.97. The molecule has 0 fully saturated rings. The Hall–Kier alpha value is -0.780. The van der Waals surface area contributed by atoms with E-state index in [9.17, 15) is 0 Å². The van der Waals surface area contributed by atoms with E-state index in [0.717, 1.165) is 48.5 Å². The van der Waals surface area contributed by atoms with E-state index in [0.29, 0.717) is 6.79 Å². The van der Waals surface area contributed by atoms with Gasteiger partial charge < -0.3 is 19.5 Å². The summed E-state index contributed by atoms with van der Waals surface area (Å²) in [6, 6.07) is 3.98. The first-order valence-electron chi connectivity index (χ1n) is 6.09. The van der Waals surface area contributed by atoms with Crippen molar-refractivity contribution >= 4 is 15.9 Å². The Kier molecular flexibility index (Phi) is 5.28. The second-order valence-corrected chi connectivity index (χ2v) is 5.03. The molecule has 0 radical (unpaired) electrons. The Morgan fingerprint density at radius 2 is 2.06 bits per heavy atom. The zero-order valence-electron chi connectivity index (χ0n) is 10.5. The van der Waals surface area contributed by atoms with E-state index in [1.165, 1.54) is 5.56 Å². The van der Waals surface area contributed by atoms with E-state index in [4.69, 9.17) is 14.2 Å². The maximum atomic E-state index is 5.37. The summed E-state index contributed by atoms with van der Waals surface area (Å²) in [6.07, 6.45) is 2.21. The van der Waals surface area contributed by atoms with Crippen LogP contribution >= 0.6 is 15.9 Å². The normalized spacial score (nSPS) is 13.0. The Labute approximate surface area is 116 Å². The molecule has 1 heterocycles. The van der Waals surface area contributed by atoms with Gasteiger partial charge in [-0.05, 0) is 37.1 Å². The van der Waals surface area contributed by atoms with Crippen LogP contribution in [0.15, 0.2) is 16.6 Å². The molecule has 1 aliphatic rings. The van der Waals surface area contributed by atoms with Crippen molar-refractivity contribution in [3.05, 3.63) is 22.2 Å². The summed E-state index contributed by atoms with van der Waals surface area (Å²) < 4.78 is 16.7. The molecule has 0 aromatic heterocycles. The van der Waals surface area contributed by atoms with E-state index in [2.05, 4.69) is 21.2 Å². The first-order valence-corrected chi connectivity index (χ1v) is 6.88. The van der Waals surface area contributed by atoms with Gasteiger partial charge in [-0.2, -0.15) is 0 Å². The molecule has 0 unspecified atom stereocenters. The van der Waals surface area contributed by atoms with Crippen molar-refractivity contribution in [3.8, 4) is 11.5 Å². The van der Waals surface area contributed by atoms with Crippen LogP contribution in [0.5, 0.6) is 11.5 Å². The van der Waals surface area contributed by atoms with E-state index in [1.807, 2.05) is 12.1 Å². The summed E-state index contributed by atoms with van der Waals surface area (Å²) >= 11 is 3.55. The average Bonchev–Trinajstić information content (AvgIpc) is 2.80. The van der Waals surface area contributed by atoms with Gasteiger partial charge in [-0.15, -0.1) is 0 Å². The molecule has 1 aliphatic heterocycles. The van der Waals surface area contributed by atoms with Crippen molar-refractivity contribution < 1.29 is 14.2 Å². The van der Waals surface area contributed by atoms with Gasteiger partial charge in [-0.25, -0.2) is 0 Å². The molecule has 100 valence electrons. The fourth-order valence-corrected chi connectivity index (χ4v) is 2.28. The van der Waals surface area contributed by atoms with Gasteiger partial charge in [0.15, 0.2) is 11.5 Å². The highest BCUT2D eigenvalue weighted by Gasteiger charge is 2.15. The third kappa shape index (κ3) is 3.60. The number of benzene rings is 1. The van der Waals surface area contributed by atoms with Gasteiger partial charge in [0.1, 0.15) is 0 Å². The molecule has 0 aliphatic carbocycles. The fraction of sp³-hybridized carbons (Fsp3) is 0.538. The quantitative estimate of drug-likeness (QED) is 0.785. The van der Waals surface area contributed by atoms with Crippen molar-refractivity contribution in [2.24, 2.45) is 0 Å². The molecule has 0 atom stereocenters. The molecule has 0 saturated carbocycles. The zero-order valence-corrected chi connectivity index (χ0v) is 12.1. The number of methoxy groups -OCH3 is 1. The first-order chi connectivity index (χ1) is 8.81. The van der Waals surface area contributed by atoms with Crippen molar-refractivity contribution in [2.45, 2.75) is 19.4 Å². The lowest BCUT2D eigenvalue weighted by molar-refractivity contribution is 0.174. The minimum atomic E-state index is 0.315. The Bertz CT molecular complexity index is 398. The van der Waals surface area contributed by atoms with Crippen LogP contribution in [0.25, 0.3) is 0 Å². The molecule has 0 amide bonds. The number of unbranched alkanes of at least 4 members (excludes halogenated alkanes) is 1. The number of ether oxygens (including phenoxy) is 3. The smallest absolute Gasteiger partial charge is 0.231 e. The number of nitrogens with one attached hydrogen (secondary N) is 1. The Morgan fingerprint density at radius 3 is 2.83 bits per heavy atom. The zero-order chi connectivity index (χ0) is 12.8. The molecular weight excluding hydrogens is 298 g/mol. The number of fused-ring (bicyclic) bond motifs is 1. The van der Waals surface area contributed by atoms with Crippen LogP contribution in [0.2, 0.25) is 0 Å². The van der Waals surface area contributed by atoms with E-state index in [1.54, 1.807) is 7.11 Å². The minimum Gasteiger partial charge on any atom is -0.454 e. The SMILES string of the molecule is COCCCCNCc1cc2c(cc1Br)OCO2. The predicted octanol–water partition coefficient (Wildman–Crippen LogP) is 2.69. The average molecular weight is 316 g/mol. The lowest BCUT2D eigenvalue weighted by atomic mass is 10.2. The third-order valence-electron chi connectivity index (χ3n) is 2.81. The van der Waals surface area contributed by atoms with Crippen molar-refractivity contribution in [1.29, 1.82) is 0 Å². The van der Waals surface area contributed by atoms with Crippen LogP contribution in [-0.4, -0.2) is 27.1 Å². The molecule has 0 spiro atoms. The van der Waals surface area contributed by atoms with Gasteiger partial charge in [0.25, 0.3) is 0 Å². The lowest BCUT2D eigenvalue weighted by Crippen LogP contribution is -2.15. The van der Waals surface area contributed by atoms with Gasteiger partial charge in [-0.3, -0.25) is 0 Å². The third-order valence-corrected chi connectivity index (χ3v) is 3.55. The lowest BCUT2D eigenvalue weighted by Gasteiger charge is -2.08. The molecular formula is C13H18BrNO3. The molecule has 0 saturated heterocycles. The summed E-state index contributed by atoms with van der Waals surface area (Å²) in [5, 5.41) is 3.41. The molecule has 1 aromatic carbocycles. The summed E-state index contributed by atoms with van der Waals surface area (Å²) in [4.78, 5) is 0. The van der Waals surface area contributed by atoms with Crippen molar-refractivity contribution in [1.82, 2.24) is 5.32 Å². The van der Waals surface area contributed by atoms with Crippen LogP contribution < -0.4 is 14.8 Å². The molecule has 4 nitrogen and oxygen atoms in total. The van der Waals surface area contributed by atoms with Crippen molar-refractivity contribution in [3.63, 3.8) is 0 Å². The maximum absolute atomic E-state index is 5.37. The first kappa shape index (κ1) is 13.6. The largest absolute Gasteiger partial charge is 0.454 e. The van der Waals surface area contributed by atoms with Crippen molar-refractivity contribution in [2.75, 3.05) is 27.1 Å². The highest BCUT2D eigenvalue weighted by molar-refractivity contribution is 9.10. The van der Waals surface area contributed by atoms with E-state index >= 15 is 0 Å². The topological polar surface area (TPSA) is 39.7 Å². The predicted molar refractivity (Wildman–Crippen MR) is 73.1 cm³/mol. The van der Waals surface area contributed by atoms with Crippen LogP contribution in [0, 0.1) is 0 Å².